The number of carbonyl (C=O) groups is 1. The Morgan fingerprint density at radius 1 is 1.36 bits per heavy atom. The van der Waals surface area contributed by atoms with Crippen LogP contribution < -0.4 is 0 Å². The summed E-state index contributed by atoms with van der Waals surface area (Å²) in [5.74, 6) is -0.649. The molecule has 132 valence electrons. The maximum Gasteiger partial charge on any atom is 0.180 e. The van der Waals surface area contributed by atoms with E-state index >= 15 is 0 Å². The molecule has 1 aliphatic carbocycles. The highest BCUT2D eigenvalue weighted by Gasteiger charge is 2.36. The number of likely N-dealkylation sites (tertiary alicyclic amines) is 1. The first-order valence-corrected chi connectivity index (χ1v) is 8.71. The van der Waals surface area contributed by atoms with Gasteiger partial charge in [0, 0.05) is 37.7 Å². The van der Waals surface area contributed by atoms with E-state index in [4.69, 9.17) is 4.74 Å². The molecule has 0 saturated carbocycles. The molecule has 1 aliphatic heterocycles. The number of nitrogens with zero attached hydrogens (tertiary/aromatic N) is 2. The Morgan fingerprint density at radius 3 is 2.60 bits per heavy atom. The molecule has 0 bridgehead atoms. The summed E-state index contributed by atoms with van der Waals surface area (Å²) in [5.41, 5.74) is 2.55. The predicted octanol–water partition coefficient (Wildman–Crippen LogP) is 3.25. The summed E-state index contributed by atoms with van der Waals surface area (Å²) in [4.78, 5) is 14.5. The first-order chi connectivity index (χ1) is 11.9. The number of halogens is 1. The van der Waals surface area contributed by atoms with Gasteiger partial charge in [-0.3, -0.25) is 4.79 Å². The largest absolute Gasteiger partial charge is 0.378 e. The second kappa shape index (κ2) is 6.61. The summed E-state index contributed by atoms with van der Waals surface area (Å²) < 4.78 is 20.1. The fourth-order valence-electron chi connectivity index (χ4n) is 3.65. The van der Waals surface area contributed by atoms with Gasteiger partial charge in [-0.15, -0.1) is 0 Å². The van der Waals surface area contributed by atoms with Gasteiger partial charge < -0.3 is 9.64 Å². The van der Waals surface area contributed by atoms with Crippen molar-refractivity contribution in [1.82, 2.24) is 4.90 Å². The smallest absolute Gasteiger partial charge is 0.180 e. The van der Waals surface area contributed by atoms with Crippen LogP contribution in [0.25, 0.3) is 5.70 Å². The predicted molar refractivity (Wildman–Crippen MR) is 93.2 cm³/mol. The van der Waals surface area contributed by atoms with Crippen LogP contribution in [0.3, 0.4) is 0 Å². The number of hydrogen-bond acceptors (Lipinski definition) is 4. The number of hydrogen-bond donors (Lipinski definition) is 0. The Bertz CT molecular complexity index is 784. The van der Waals surface area contributed by atoms with Crippen molar-refractivity contribution in [1.29, 1.82) is 5.26 Å². The van der Waals surface area contributed by atoms with E-state index in [0.29, 0.717) is 36.3 Å². The molecule has 0 aromatic heterocycles. The number of aryl methyl sites for hydroxylation is 1. The van der Waals surface area contributed by atoms with Gasteiger partial charge in [0.25, 0.3) is 0 Å². The molecule has 1 aromatic rings. The monoisotopic (exact) mass is 342 g/mol. The molecule has 1 heterocycles. The van der Waals surface area contributed by atoms with Crippen LogP contribution >= 0.6 is 0 Å². The van der Waals surface area contributed by atoms with Gasteiger partial charge in [0.05, 0.1) is 11.3 Å². The molecule has 0 N–H and O–H groups in total. The molecule has 0 atom stereocenters. The molecule has 0 amide bonds. The quantitative estimate of drug-likeness (QED) is 0.846. The average molecular weight is 342 g/mol. The topological polar surface area (TPSA) is 53.3 Å². The Morgan fingerprint density at radius 2 is 2.04 bits per heavy atom. The zero-order valence-electron chi connectivity index (χ0n) is 15.0. The highest BCUT2D eigenvalue weighted by Crippen LogP contribution is 2.37. The van der Waals surface area contributed by atoms with Crippen molar-refractivity contribution in [2.24, 2.45) is 0 Å². The van der Waals surface area contributed by atoms with Crippen LogP contribution in [0.5, 0.6) is 0 Å². The van der Waals surface area contributed by atoms with Gasteiger partial charge in [0.1, 0.15) is 17.5 Å². The molecular formula is C20H23FN2O2. The molecule has 0 spiro atoms. The van der Waals surface area contributed by atoms with Crippen molar-refractivity contribution in [3.63, 3.8) is 0 Å². The number of carbonyl (C=O) groups excluding carboxylic acids is 1. The van der Waals surface area contributed by atoms with E-state index in [1.165, 1.54) is 6.07 Å². The maximum absolute atomic E-state index is 14.5. The number of piperidine rings is 1. The number of ketones is 1. The van der Waals surface area contributed by atoms with Crippen molar-refractivity contribution in [3.8, 4) is 6.07 Å². The Hall–Kier alpha value is -2.19. The lowest BCUT2D eigenvalue weighted by molar-refractivity contribution is -0.114. The molecule has 1 aromatic carbocycles. The summed E-state index contributed by atoms with van der Waals surface area (Å²) in [6.07, 6.45) is 2.26. The minimum atomic E-state index is -0.351. The third kappa shape index (κ3) is 3.07. The number of allylic oxidation sites excluding steroid dienone is 1. The summed E-state index contributed by atoms with van der Waals surface area (Å²) >= 11 is 0. The second-order valence-corrected chi connectivity index (χ2v) is 7.03. The molecule has 2 aliphatic rings. The van der Waals surface area contributed by atoms with Crippen LogP contribution in [0, 0.1) is 17.1 Å². The van der Waals surface area contributed by atoms with Crippen LogP contribution in [0.1, 0.15) is 43.4 Å². The lowest BCUT2D eigenvalue weighted by atomic mass is 9.84. The van der Waals surface area contributed by atoms with E-state index in [1.807, 2.05) is 17.9 Å². The van der Waals surface area contributed by atoms with Gasteiger partial charge in [0.15, 0.2) is 5.78 Å². The molecule has 4 nitrogen and oxygen atoms in total. The number of methoxy groups -OCH3 is 1. The standard InChI is InChI=1S/C20H23FN2O2/c1-4-13-9-15-14(17(21)10-13)11-18(24)16(12-22)19(15)23-7-5-20(2,25-3)6-8-23/h9-10H,4-8,11H2,1-3H3. The number of rotatable bonds is 3. The van der Waals surface area contributed by atoms with Gasteiger partial charge in [-0.1, -0.05) is 6.92 Å². The van der Waals surface area contributed by atoms with Crippen LogP contribution in [0.2, 0.25) is 0 Å². The van der Waals surface area contributed by atoms with Crippen LogP contribution in [-0.2, 0) is 22.4 Å². The SMILES string of the molecule is CCc1cc(F)c2c(c1)C(N1CCC(C)(OC)CC1)=C(C#N)C(=O)C2. The van der Waals surface area contributed by atoms with Crippen LogP contribution in [0.15, 0.2) is 17.7 Å². The fourth-order valence-corrected chi connectivity index (χ4v) is 3.65. The Balaban J connectivity index is 2.09. The Labute approximate surface area is 147 Å². The molecule has 25 heavy (non-hydrogen) atoms. The van der Waals surface area contributed by atoms with Gasteiger partial charge in [-0.25, -0.2) is 4.39 Å². The molecule has 1 fully saturated rings. The average Bonchev–Trinajstić information content (AvgIpc) is 2.62. The highest BCUT2D eigenvalue weighted by molar-refractivity contribution is 6.10. The van der Waals surface area contributed by atoms with Crippen LogP contribution in [-0.4, -0.2) is 36.5 Å². The third-order valence-electron chi connectivity index (χ3n) is 5.51. The first kappa shape index (κ1) is 17.6. The lowest BCUT2D eigenvalue weighted by Gasteiger charge is -2.41. The van der Waals surface area contributed by atoms with Crippen molar-refractivity contribution in [2.45, 2.75) is 45.1 Å². The van der Waals surface area contributed by atoms with Gasteiger partial charge in [0.2, 0.25) is 0 Å². The van der Waals surface area contributed by atoms with E-state index < -0.39 is 0 Å². The van der Waals surface area contributed by atoms with Gasteiger partial charge in [-0.2, -0.15) is 5.26 Å². The second-order valence-electron chi connectivity index (χ2n) is 7.03. The van der Waals surface area contributed by atoms with Crippen molar-refractivity contribution < 1.29 is 13.9 Å². The summed E-state index contributed by atoms with van der Waals surface area (Å²) in [7, 11) is 1.71. The maximum atomic E-state index is 14.5. The molecular weight excluding hydrogens is 319 g/mol. The van der Waals surface area contributed by atoms with Crippen molar-refractivity contribution >= 4 is 11.5 Å². The minimum absolute atomic E-state index is 0.0405. The summed E-state index contributed by atoms with van der Waals surface area (Å²) in [6.45, 7) is 5.39. The number of ether oxygens (including phenoxy) is 1. The van der Waals surface area contributed by atoms with E-state index in [1.54, 1.807) is 7.11 Å². The third-order valence-corrected chi connectivity index (χ3v) is 5.51. The molecule has 3 rings (SSSR count). The van der Waals surface area contributed by atoms with E-state index in [-0.39, 0.29) is 29.2 Å². The summed E-state index contributed by atoms with van der Waals surface area (Å²) in [5, 5.41) is 9.56. The zero-order chi connectivity index (χ0) is 18.2. The highest BCUT2D eigenvalue weighted by atomic mass is 19.1. The minimum Gasteiger partial charge on any atom is -0.378 e. The molecule has 5 heteroatoms. The molecule has 0 unspecified atom stereocenters. The molecule has 0 radical (unpaired) electrons. The first-order valence-electron chi connectivity index (χ1n) is 8.71. The number of fused-ring (bicyclic) bond motifs is 1. The van der Waals surface area contributed by atoms with Gasteiger partial charge in [-0.05, 0) is 43.9 Å². The normalized spacial score (nSPS) is 19.6. The van der Waals surface area contributed by atoms with Gasteiger partial charge >= 0.3 is 0 Å². The molecule has 1 saturated heterocycles. The number of nitriles is 1. The summed E-state index contributed by atoms with van der Waals surface area (Å²) in [6, 6.07) is 5.50. The number of benzene rings is 1. The van der Waals surface area contributed by atoms with E-state index in [9.17, 15) is 14.4 Å². The zero-order valence-corrected chi connectivity index (χ0v) is 15.0. The Kier molecular flexibility index (Phi) is 4.66. The fraction of sp³-hybridized carbons (Fsp3) is 0.500. The van der Waals surface area contributed by atoms with E-state index in [0.717, 1.165) is 18.4 Å². The number of Topliss-reactive ketones (excluding diaryl/α,β-unsaturated/α-hetero) is 1. The lowest BCUT2D eigenvalue weighted by Crippen LogP contribution is -2.43. The van der Waals surface area contributed by atoms with E-state index in [2.05, 4.69) is 13.0 Å². The van der Waals surface area contributed by atoms with Crippen molar-refractivity contribution in [2.75, 3.05) is 20.2 Å². The van der Waals surface area contributed by atoms with Crippen LogP contribution in [0.4, 0.5) is 4.39 Å². The van der Waals surface area contributed by atoms with Crippen molar-refractivity contribution in [3.05, 3.63) is 40.2 Å².